The molecule has 3 rings (SSSR count). The van der Waals surface area contributed by atoms with Crippen molar-refractivity contribution in [2.75, 3.05) is 0 Å². The first-order valence-corrected chi connectivity index (χ1v) is 7.46. The summed E-state index contributed by atoms with van der Waals surface area (Å²) in [7, 11) is 0. The third-order valence-corrected chi connectivity index (χ3v) is 4.52. The Labute approximate surface area is 130 Å². The van der Waals surface area contributed by atoms with Crippen molar-refractivity contribution in [1.29, 1.82) is 0 Å². The molecule has 22 heavy (non-hydrogen) atoms. The van der Waals surface area contributed by atoms with Gasteiger partial charge in [0.1, 0.15) is 11.5 Å². The van der Waals surface area contributed by atoms with Gasteiger partial charge in [0.25, 0.3) is 0 Å². The highest BCUT2D eigenvalue weighted by Crippen LogP contribution is 2.43. The summed E-state index contributed by atoms with van der Waals surface area (Å²) in [6.07, 6.45) is 6.46. The molecule has 0 saturated carbocycles. The lowest BCUT2D eigenvalue weighted by molar-refractivity contribution is -0.133. The average Bonchev–Trinajstić information content (AvgIpc) is 2.99. The molecule has 1 aliphatic carbocycles. The van der Waals surface area contributed by atoms with Crippen LogP contribution in [-0.4, -0.2) is 17.7 Å². The number of rotatable bonds is 3. The molecule has 0 saturated heterocycles. The number of fused-ring (bicyclic) bond motifs is 1. The van der Waals surface area contributed by atoms with Gasteiger partial charge in [0.05, 0.1) is 5.57 Å². The van der Waals surface area contributed by atoms with Crippen LogP contribution in [0.5, 0.6) is 0 Å². The summed E-state index contributed by atoms with van der Waals surface area (Å²) >= 11 is 1.43. The average molecular weight is 315 g/mol. The molecule has 0 spiro atoms. The van der Waals surface area contributed by atoms with E-state index in [1.807, 2.05) is 10.8 Å². The molecule has 2 atom stereocenters. The smallest absolute Gasteiger partial charge is 0.247 e. The predicted molar refractivity (Wildman–Crippen MR) is 81.3 cm³/mol. The Hall–Kier alpha value is -2.67. The molecule has 7 heteroatoms. The molecule has 112 valence electrons. The Morgan fingerprint density at radius 3 is 2.68 bits per heavy atom. The van der Waals surface area contributed by atoms with Crippen LogP contribution in [0.2, 0.25) is 0 Å². The fourth-order valence-corrected chi connectivity index (χ4v) is 3.55. The number of carbonyl (C=O) groups excluding carboxylic acids is 3. The first-order valence-electron chi connectivity index (χ1n) is 6.52. The number of nitrogens with two attached hydrogens (primary N) is 2. The number of allylic oxidation sites excluding steroid dienone is 2. The van der Waals surface area contributed by atoms with E-state index in [0.29, 0.717) is 5.57 Å². The third kappa shape index (κ3) is 1.90. The zero-order chi connectivity index (χ0) is 15.9. The number of hydrogen-bond donors (Lipinski definition) is 3. The second-order valence-electron chi connectivity index (χ2n) is 5.06. The molecule has 2 aliphatic rings. The molecule has 5 N–H and O–H groups in total. The topological polar surface area (TPSA) is 115 Å². The minimum atomic E-state index is -1.16. The number of amides is 3. The molecule has 1 aliphatic heterocycles. The summed E-state index contributed by atoms with van der Waals surface area (Å²) in [4.78, 5) is 35.6. The van der Waals surface area contributed by atoms with Gasteiger partial charge < -0.3 is 16.8 Å². The van der Waals surface area contributed by atoms with Crippen molar-refractivity contribution < 1.29 is 14.4 Å². The van der Waals surface area contributed by atoms with E-state index in [-0.39, 0.29) is 5.57 Å². The largest absolute Gasteiger partial charge is 0.369 e. The van der Waals surface area contributed by atoms with Crippen LogP contribution in [0.1, 0.15) is 5.56 Å². The van der Waals surface area contributed by atoms with Crippen LogP contribution in [0.25, 0.3) is 0 Å². The first kappa shape index (κ1) is 14.3. The van der Waals surface area contributed by atoms with E-state index in [1.165, 1.54) is 17.4 Å². The normalized spacial score (nSPS) is 26.5. The van der Waals surface area contributed by atoms with Crippen LogP contribution in [0.15, 0.2) is 52.3 Å². The summed E-state index contributed by atoms with van der Waals surface area (Å²) in [5, 5.41) is 6.44. The highest BCUT2D eigenvalue weighted by atomic mass is 32.1. The lowest BCUT2D eigenvalue weighted by Crippen LogP contribution is -2.57. The lowest BCUT2D eigenvalue weighted by atomic mass is 9.71. The monoisotopic (exact) mass is 315 g/mol. The number of thiophene rings is 1. The molecular formula is C15H13N3O3S. The SMILES string of the molecule is NC(=O)C1=CC=CC2=CC(C(N)=O)C(=O)NC21c1ccsc1. The van der Waals surface area contributed by atoms with Gasteiger partial charge in [0.15, 0.2) is 0 Å². The number of hydrogen-bond acceptors (Lipinski definition) is 4. The van der Waals surface area contributed by atoms with Crippen molar-refractivity contribution in [2.45, 2.75) is 5.54 Å². The zero-order valence-corrected chi connectivity index (χ0v) is 12.2. The Kier molecular flexibility index (Phi) is 3.22. The quantitative estimate of drug-likeness (QED) is 0.686. The third-order valence-electron chi connectivity index (χ3n) is 3.84. The lowest BCUT2D eigenvalue weighted by Gasteiger charge is -2.42. The summed E-state index contributed by atoms with van der Waals surface area (Å²) in [6, 6.07) is 1.80. The molecule has 1 aromatic rings. The van der Waals surface area contributed by atoms with Crippen molar-refractivity contribution >= 4 is 29.1 Å². The van der Waals surface area contributed by atoms with Crippen LogP contribution in [0.3, 0.4) is 0 Å². The molecular weight excluding hydrogens is 302 g/mol. The van der Waals surface area contributed by atoms with Crippen molar-refractivity contribution in [3.8, 4) is 0 Å². The standard InChI is InChI=1S/C15H13N3O3S/c16-12(19)10-6-8-2-1-3-11(13(17)20)15(8,18-14(10)21)9-4-5-22-7-9/h1-7,10H,(H2,16,19)(H2,17,20)(H,18,21). The van der Waals surface area contributed by atoms with E-state index < -0.39 is 29.2 Å². The van der Waals surface area contributed by atoms with E-state index in [1.54, 1.807) is 24.3 Å². The summed E-state index contributed by atoms with van der Waals surface area (Å²) in [5.74, 6) is -3.00. The van der Waals surface area contributed by atoms with Crippen molar-refractivity contribution in [1.82, 2.24) is 5.32 Å². The van der Waals surface area contributed by atoms with Crippen molar-refractivity contribution in [3.05, 3.63) is 57.8 Å². The van der Waals surface area contributed by atoms with Crippen LogP contribution in [-0.2, 0) is 19.9 Å². The second kappa shape index (κ2) is 4.96. The summed E-state index contributed by atoms with van der Waals surface area (Å²) in [5.41, 5.74) is 11.2. The number of primary amides is 2. The summed E-state index contributed by atoms with van der Waals surface area (Å²) < 4.78 is 0. The zero-order valence-electron chi connectivity index (χ0n) is 11.4. The molecule has 0 aromatic carbocycles. The van der Waals surface area contributed by atoms with Gasteiger partial charge in [0.2, 0.25) is 17.7 Å². The minimum absolute atomic E-state index is 0.246. The maximum atomic E-state index is 12.3. The first-order chi connectivity index (χ1) is 10.5. The van der Waals surface area contributed by atoms with Crippen LogP contribution in [0, 0.1) is 5.92 Å². The van der Waals surface area contributed by atoms with Gasteiger partial charge in [-0.3, -0.25) is 14.4 Å². The Morgan fingerprint density at radius 2 is 2.09 bits per heavy atom. The fraction of sp³-hybridized carbons (Fsp3) is 0.133. The van der Waals surface area contributed by atoms with Crippen LogP contribution in [0.4, 0.5) is 0 Å². The molecule has 0 radical (unpaired) electrons. The van der Waals surface area contributed by atoms with Crippen molar-refractivity contribution in [2.24, 2.45) is 17.4 Å². The predicted octanol–water partition coefficient (Wildman–Crippen LogP) is 0.0826. The highest BCUT2D eigenvalue weighted by molar-refractivity contribution is 7.08. The van der Waals surface area contributed by atoms with Gasteiger partial charge in [-0.1, -0.05) is 24.3 Å². The molecule has 3 amide bonds. The molecule has 6 nitrogen and oxygen atoms in total. The molecule has 0 bridgehead atoms. The van der Waals surface area contributed by atoms with Gasteiger partial charge in [-0.15, -0.1) is 0 Å². The minimum Gasteiger partial charge on any atom is -0.369 e. The van der Waals surface area contributed by atoms with E-state index in [4.69, 9.17) is 11.5 Å². The van der Waals surface area contributed by atoms with Crippen LogP contribution < -0.4 is 16.8 Å². The van der Waals surface area contributed by atoms with Crippen molar-refractivity contribution in [3.63, 3.8) is 0 Å². The van der Waals surface area contributed by atoms with Gasteiger partial charge in [-0.05, 0) is 28.0 Å². The number of carbonyl (C=O) groups is 3. The van der Waals surface area contributed by atoms with Gasteiger partial charge >= 0.3 is 0 Å². The molecule has 2 unspecified atom stereocenters. The maximum absolute atomic E-state index is 12.3. The van der Waals surface area contributed by atoms with Crippen LogP contribution >= 0.6 is 11.3 Å². The molecule has 2 heterocycles. The highest BCUT2D eigenvalue weighted by Gasteiger charge is 2.48. The molecule has 1 aromatic heterocycles. The van der Waals surface area contributed by atoms with Gasteiger partial charge in [-0.2, -0.15) is 11.3 Å². The van der Waals surface area contributed by atoms with Gasteiger partial charge in [-0.25, -0.2) is 0 Å². The number of nitrogens with one attached hydrogen (secondary N) is 1. The van der Waals surface area contributed by atoms with E-state index in [0.717, 1.165) is 5.56 Å². The summed E-state index contributed by atoms with van der Waals surface area (Å²) in [6.45, 7) is 0. The van der Waals surface area contributed by atoms with E-state index in [9.17, 15) is 14.4 Å². The van der Waals surface area contributed by atoms with E-state index in [2.05, 4.69) is 5.32 Å². The maximum Gasteiger partial charge on any atom is 0.247 e. The Bertz CT molecular complexity index is 761. The fourth-order valence-electron chi connectivity index (χ4n) is 2.84. The Morgan fingerprint density at radius 1 is 1.32 bits per heavy atom. The Balaban J connectivity index is 2.26. The van der Waals surface area contributed by atoms with Gasteiger partial charge in [0, 0.05) is 0 Å². The van der Waals surface area contributed by atoms with E-state index >= 15 is 0 Å². The molecule has 0 fully saturated rings. The second-order valence-corrected chi connectivity index (χ2v) is 5.84.